The van der Waals surface area contributed by atoms with Gasteiger partial charge in [0.25, 0.3) is 0 Å². The van der Waals surface area contributed by atoms with Crippen molar-refractivity contribution in [1.29, 1.82) is 0 Å². The molecule has 108 valence electrons. The number of nitrogens with two attached hydrogens (primary N) is 1. The molecule has 0 amide bonds. The molecule has 0 aliphatic heterocycles. The summed E-state index contributed by atoms with van der Waals surface area (Å²) in [6, 6.07) is 3.94. The van der Waals surface area contributed by atoms with E-state index in [0.29, 0.717) is 12.2 Å². The highest BCUT2D eigenvalue weighted by atomic mass is 32.1. The maximum Gasteiger partial charge on any atom is 0.341 e. The van der Waals surface area contributed by atoms with Gasteiger partial charge in [-0.1, -0.05) is 0 Å². The Balaban J connectivity index is 2.29. The number of esters is 1. The van der Waals surface area contributed by atoms with Gasteiger partial charge < -0.3 is 10.5 Å². The summed E-state index contributed by atoms with van der Waals surface area (Å²) in [5.74, 6) is -0.357. The molecule has 2 rings (SSSR count). The maximum absolute atomic E-state index is 11.7. The van der Waals surface area contributed by atoms with E-state index in [-0.39, 0.29) is 18.1 Å². The molecule has 0 aromatic carbocycles. The van der Waals surface area contributed by atoms with Gasteiger partial charge in [0.2, 0.25) is 0 Å². The van der Waals surface area contributed by atoms with E-state index in [9.17, 15) is 4.79 Å². The van der Waals surface area contributed by atoms with Crippen molar-refractivity contribution in [2.24, 2.45) is 5.73 Å². The zero-order valence-electron chi connectivity index (χ0n) is 11.9. The van der Waals surface area contributed by atoms with Crippen LogP contribution in [-0.2, 0) is 4.74 Å². The highest BCUT2D eigenvalue weighted by Crippen LogP contribution is 2.27. The van der Waals surface area contributed by atoms with Gasteiger partial charge in [-0.25, -0.2) is 4.79 Å². The average Bonchev–Trinajstić information content (AvgIpc) is 3.00. The Morgan fingerprint density at radius 3 is 2.85 bits per heavy atom. The van der Waals surface area contributed by atoms with Crippen molar-refractivity contribution in [3.63, 3.8) is 0 Å². The van der Waals surface area contributed by atoms with Crippen LogP contribution in [-0.4, -0.2) is 28.4 Å². The predicted octanol–water partition coefficient (Wildman–Crippen LogP) is 2.37. The van der Waals surface area contributed by atoms with Crippen molar-refractivity contribution in [2.45, 2.75) is 32.9 Å². The first-order valence-corrected chi connectivity index (χ1v) is 7.37. The molecule has 6 heteroatoms. The molecule has 0 bridgehead atoms. The fraction of sp³-hybridized carbons (Fsp3) is 0.429. The van der Waals surface area contributed by atoms with Gasteiger partial charge in [-0.2, -0.15) is 5.10 Å². The number of carbonyl (C=O) groups excluding carboxylic acids is 1. The molecule has 20 heavy (non-hydrogen) atoms. The van der Waals surface area contributed by atoms with Gasteiger partial charge in [0.1, 0.15) is 6.04 Å². The molecule has 0 saturated heterocycles. The van der Waals surface area contributed by atoms with E-state index in [1.165, 1.54) is 11.1 Å². The Morgan fingerprint density at radius 2 is 2.30 bits per heavy atom. The summed E-state index contributed by atoms with van der Waals surface area (Å²) in [5, 5.41) is 4.27. The maximum atomic E-state index is 11.7. The first-order valence-electron chi connectivity index (χ1n) is 6.56. The monoisotopic (exact) mass is 293 g/mol. The van der Waals surface area contributed by atoms with E-state index in [1.807, 2.05) is 6.92 Å². The lowest BCUT2D eigenvalue weighted by molar-refractivity contribution is 0.0526. The minimum absolute atomic E-state index is 0.0723. The first-order chi connectivity index (χ1) is 9.52. The second-order valence-electron chi connectivity index (χ2n) is 4.68. The first kappa shape index (κ1) is 14.7. The molecule has 0 spiro atoms. The zero-order valence-corrected chi connectivity index (χ0v) is 12.7. The van der Waals surface area contributed by atoms with Gasteiger partial charge in [0.15, 0.2) is 0 Å². The van der Waals surface area contributed by atoms with Crippen molar-refractivity contribution in [3.05, 3.63) is 39.8 Å². The summed E-state index contributed by atoms with van der Waals surface area (Å²) in [7, 11) is 0. The van der Waals surface area contributed by atoms with Crippen LogP contribution < -0.4 is 5.73 Å². The topological polar surface area (TPSA) is 70.1 Å². The minimum atomic E-state index is -0.357. The standard InChI is InChI=1S/C14H19N3O2S/c1-4-19-14(18)11-7-16-17(8-11)13(10(3)15)12-6-5-9(2)20-12/h5-8,10,13H,4,15H2,1-3H3. The number of carbonyl (C=O) groups is 1. The summed E-state index contributed by atoms with van der Waals surface area (Å²) in [6.45, 7) is 6.12. The number of rotatable bonds is 5. The van der Waals surface area contributed by atoms with E-state index >= 15 is 0 Å². The molecule has 0 radical (unpaired) electrons. The lowest BCUT2D eigenvalue weighted by atomic mass is 10.1. The highest BCUT2D eigenvalue weighted by molar-refractivity contribution is 7.12. The Bertz CT molecular complexity index is 589. The van der Waals surface area contributed by atoms with Gasteiger partial charge in [-0.3, -0.25) is 4.68 Å². The third-order valence-corrected chi connectivity index (χ3v) is 4.02. The average molecular weight is 293 g/mol. The van der Waals surface area contributed by atoms with Crippen molar-refractivity contribution in [2.75, 3.05) is 6.61 Å². The van der Waals surface area contributed by atoms with E-state index in [1.54, 1.807) is 29.1 Å². The number of aromatic nitrogens is 2. The molecule has 2 unspecified atom stereocenters. The third-order valence-electron chi connectivity index (χ3n) is 2.95. The number of aryl methyl sites for hydroxylation is 1. The molecule has 0 fully saturated rings. The number of hydrogen-bond donors (Lipinski definition) is 1. The van der Waals surface area contributed by atoms with E-state index < -0.39 is 0 Å². The van der Waals surface area contributed by atoms with Crippen LogP contribution in [0.2, 0.25) is 0 Å². The van der Waals surface area contributed by atoms with Gasteiger partial charge >= 0.3 is 5.97 Å². The second kappa shape index (κ2) is 6.19. The Hall–Kier alpha value is -1.66. The fourth-order valence-electron chi connectivity index (χ4n) is 2.05. The normalized spacial score (nSPS) is 14.0. The Labute approximate surface area is 122 Å². The summed E-state index contributed by atoms with van der Waals surface area (Å²) in [4.78, 5) is 14.0. The molecule has 5 nitrogen and oxygen atoms in total. The van der Waals surface area contributed by atoms with Crippen LogP contribution in [0.5, 0.6) is 0 Å². The van der Waals surface area contributed by atoms with E-state index in [4.69, 9.17) is 10.5 Å². The van der Waals surface area contributed by atoms with Gasteiger partial charge in [0, 0.05) is 22.0 Å². The van der Waals surface area contributed by atoms with E-state index in [2.05, 4.69) is 24.2 Å². The summed E-state index contributed by atoms with van der Waals surface area (Å²) in [6.07, 6.45) is 3.22. The van der Waals surface area contributed by atoms with Gasteiger partial charge in [0.05, 0.1) is 18.4 Å². The highest BCUT2D eigenvalue weighted by Gasteiger charge is 2.22. The van der Waals surface area contributed by atoms with Crippen LogP contribution in [0.3, 0.4) is 0 Å². The molecule has 2 N–H and O–H groups in total. The largest absolute Gasteiger partial charge is 0.462 e. The van der Waals surface area contributed by atoms with Crippen molar-refractivity contribution < 1.29 is 9.53 Å². The smallest absolute Gasteiger partial charge is 0.341 e. The lowest BCUT2D eigenvalue weighted by Crippen LogP contribution is -2.30. The summed E-state index contributed by atoms with van der Waals surface area (Å²) in [5.41, 5.74) is 6.53. The van der Waals surface area contributed by atoms with Crippen LogP contribution in [0.15, 0.2) is 24.5 Å². The Kier molecular flexibility index (Phi) is 4.57. The SMILES string of the molecule is CCOC(=O)c1cnn(C(c2ccc(C)s2)C(C)N)c1. The van der Waals surface area contributed by atoms with Crippen LogP contribution in [0, 0.1) is 6.92 Å². The molecule has 2 atom stereocenters. The van der Waals surface area contributed by atoms with Crippen LogP contribution >= 0.6 is 11.3 Å². The quantitative estimate of drug-likeness (QED) is 0.859. The zero-order chi connectivity index (χ0) is 14.7. The predicted molar refractivity (Wildman–Crippen MR) is 79.0 cm³/mol. The number of hydrogen-bond acceptors (Lipinski definition) is 5. The Morgan fingerprint density at radius 1 is 1.55 bits per heavy atom. The van der Waals surface area contributed by atoms with Crippen molar-refractivity contribution in [1.82, 2.24) is 9.78 Å². The van der Waals surface area contributed by atoms with Crippen molar-refractivity contribution in [3.8, 4) is 0 Å². The van der Waals surface area contributed by atoms with E-state index in [0.717, 1.165) is 4.88 Å². The second-order valence-corrected chi connectivity index (χ2v) is 6.00. The molecule has 2 heterocycles. The van der Waals surface area contributed by atoms with Crippen LogP contribution in [0.25, 0.3) is 0 Å². The molecule has 0 aliphatic carbocycles. The third kappa shape index (κ3) is 3.08. The van der Waals surface area contributed by atoms with Crippen LogP contribution in [0.1, 0.15) is 40.0 Å². The number of nitrogens with zero attached hydrogens (tertiary/aromatic N) is 2. The number of thiophene rings is 1. The molecular weight excluding hydrogens is 274 g/mol. The summed E-state index contributed by atoms with van der Waals surface area (Å²) >= 11 is 1.69. The number of ether oxygens (including phenoxy) is 1. The molecule has 0 saturated carbocycles. The van der Waals surface area contributed by atoms with Crippen molar-refractivity contribution >= 4 is 17.3 Å². The van der Waals surface area contributed by atoms with Gasteiger partial charge in [-0.15, -0.1) is 11.3 Å². The van der Waals surface area contributed by atoms with Crippen LogP contribution in [0.4, 0.5) is 0 Å². The van der Waals surface area contributed by atoms with Gasteiger partial charge in [-0.05, 0) is 32.9 Å². The molecule has 2 aromatic heterocycles. The lowest BCUT2D eigenvalue weighted by Gasteiger charge is -2.20. The fourth-order valence-corrected chi connectivity index (χ4v) is 3.14. The molecular formula is C14H19N3O2S. The molecule has 0 aliphatic rings. The minimum Gasteiger partial charge on any atom is -0.462 e. The molecule has 2 aromatic rings. The summed E-state index contributed by atoms with van der Waals surface area (Å²) < 4.78 is 6.71.